The maximum Gasteiger partial charge on any atom is 0.227 e. The van der Waals surface area contributed by atoms with Crippen LogP contribution in [-0.4, -0.2) is 73.7 Å². The van der Waals surface area contributed by atoms with Crippen LogP contribution in [0.25, 0.3) is 0 Å². The third-order valence-corrected chi connectivity index (χ3v) is 5.14. The van der Waals surface area contributed by atoms with E-state index in [4.69, 9.17) is 0 Å². The number of aliphatic hydroxyl groups excluding tert-OH is 1. The number of aliphatic hydroxyl groups is 1. The molecular weight excluding hydrogens is 332 g/mol. The lowest BCUT2D eigenvalue weighted by atomic mass is 10.1. The fraction of sp³-hybridized carbons (Fsp3) is 0.500. The van der Waals surface area contributed by atoms with Gasteiger partial charge in [-0.05, 0) is 17.7 Å². The van der Waals surface area contributed by atoms with Crippen LogP contribution in [0.4, 0.5) is 0 Å². The molecule has 0 aromatic heterocycles. The second-order valence-corrected chi connectivity index (χ2v) is 8.07. The summed E-state index contributed by atoms with van der Waals surface area (Å²) in [5.41, 5.74) is 0.703. The Morgan fingerprint density at radius 3 is 2.21 bits per heavy atom. The van der Waals surface area contributed by atoms with Gasteiger partial charge in [-0.15, -0.1) is 0 Å². The standard InChI is InChI=1S/C16H22N2O5S/c1-12(19)17-7-8-18(11-14(20)10-17)16(21)9-13-3-5-15(6-4-13)24(2,22)23/h3-6,14,20H,7-11H2,1-2H3/t14-/m0/s1. The molecule has 0 radical (unpaired) electrons. The topological polar surface area (TPSA) is 95.0 Å². The Bertz CT molecular complexity index is 714. The molecule has 1 N–H and O–H groups in total. The molecule has 24 heavy (non-hydrogen) atoms. The maximum atomic E-state index is 12.4. The Kier molecular flexibility index (Phi) is 5.61. The zero-order valence-electron chi connectivity index (χ0n) is 13.8. The van der Waals surface area contributed by atoms with Gasteiger partial charge in [0.2, 0.25) is 11.8 Å². The van der Waals surface area contributed by atoms with Crippen LogP contribution in [0.2, 0.25) is 0 Å². The summed E-state index contributed by atoms with van der Waals surface area (Å²) < 4.78 is 22.9. The number of nitrogens with zero attached hydrogens (tertiary/aromatic N) is 2. The third kappa shape index (κ3) is 4.78. The van der Waals surface area contributed by atoms with Gasteiger partial charge in [-0.3, -0.25) is 9.59 Å². The highest BCUT2D eigenvalue weighted by atomic mass is 32.2. The molecular formula is C16H22N2O5S. The lowest BCUT2D eigenvalue weighted by Crippen LogP contribution is -2.38. The molecule has 0 saturated carbocycles. The zero-order valence-corrected chi connectivity index (χ0v) is 14.6. The van der Waals surface area contributed by atoms with Crippen molar-refractivity contribution < 1.29 is 23.1 Å². The van der Waals surface area contributed by atoms with Crippen molar-refractivity contribution in [2.45, 2.75) is 24.3 Å². The molecule has 8 heteroatoms. The summed E-state index contributed by atoms with van der Waals surface area (Å²) in [5.74, 6) is -0.286. The molecule has 1 atom stereocenters. The number of carbonyl (C=O) groups is 2. The van der Waals surface area contributed by atoms with E-state index in [1.165, 1.54) is 28.9 Å². The summed E-state index contributed by atoms with van der Waals surface area (Å²) in [6.45, 7) is 2.61. The Labute approximate surface area is 141 Å². The SMILES string of the molecule is CC(=O)N1CCN(C(=O)Cc2ccc(S(C)(=O)=O)cc2)C[C@@H](O)C1. The summed E-state index contributed by atoms with van der Waals surface area (Å²) >= 11 is 0. The second-order valence-electron chi connectivity index (χ2n) is 6.05. The van der Waals surface area contributed by atoms with Crippen molar-refractivity contribution in [3.8, 4) is 0 Å². The number of hydrogen-bond donors (Lipinski definition) is 1. The number of amides is 2. The molecule has 7 nitrogen and oxygen atoms in total. The van der Waals surface area contributed by atoms with Crippen molar-refractivity contribution >= 4 is 21.7 Å². The summed E-state index contributed by atoms with van der Waals surface area (Å²) in [6, 6.07) is 6.19. The Hall–Kier alpha value is -1.93. The number of benzene rings is 1. The quantitative estimate of drug-likeness (QED) is 0.803. The van der Waals surface area contributed by atoms with E-state index >= 15 is 0 Å². The summed E-state index contributed by atoms with van der Waals surface area (Å²) in [5, 5.41) is 9.97. The van der Waals surface area contributed by atoms with Gasteiger partial charge in [0.15, 0.2) is 9.84 Å². The number of rotatable bonds is 3. The minimum atomic E-state index is -3.26. The van der Waals surface area contributed by atoms with E-state index in [0.29, 0.717) is 18.7 Å². The van der Waals surface area contributed by atoms with Gasteiger partial charge in [0.1, 0.15) is 0 Å². The van der Waals surface area contributed by atoms with Gasteiger partial charge in [-0.1, -0.05) is 12.1 Å². The molecule has 1 aromatic carbocycles. The highest BCUT2D eigenvalue weighted by Gasteiger charge is 2.25. The van der Waals surface area contributed by atoms with Crippen LogP contribution in [0.1, 0.15) is 12.5 Å². The smallest absolute Gasteiger partial charge is 0.227 e. The molecule has 1 aliphatic heterocycles. The van der Waals surface area contributed by atoms with Crippen LogP contribution in [-0.2, 0) is 25.8 Å². The van der Waals surface area contributed by atoms with Gasteiger partial charge in [0, 0.05) is 39.4 Å². The molecule has 1 aliphatic rings. The predicted octanol–water partition coefficient (Wildman–Crippen LogP) is -0.316. The van der Waals surface area contributed by atoms with E-state index in [1.54, 1.807) is 12.1 Å². The first-order chi connectivity index (χ1) is 11.2. The van der Waals surface area contributed by atoms with Crippen LogP contribution in [0.5, 0.6) is 0 Å². The van der Waals surface area contributed by atoms with Crippen molar-refractivity contribution in [2.24, 2.45) is 0 Å². The zero-order chi connectivity index (χ0) is 17.9. The lowest BCUT2D eigenvalue weighted by molar-refractivity contribution is -0.132. The van der Waals surface area contributed by atoms with Gasteiger partial charge in [-0.25, -0.2) is 8.42 Å². The molecule has 0 aliphatic carbocycles. The molecule has 2 amide bonds. The molecule has 1 aromatic rings. The summed E-state index contributed by atoms with van der Waals surface area (Å²) in [7, 11) is -3.26. The first-order valence-corrected chi connectivity index (χ1v) is 9.56. The Morgan fingerprint density at radius 2 is 1.67 bits per heavy atom. The number of hydrogen-bond acceptors (Lipinski definition) is 5. The number of β-amino-alcohol motifs (C(OH)–C–C–N with tert-alkyl or cyclic N) is 1. The number of sulfone groups is 1. The largest absolute Gasteiger partial charge is 0.389 e. The summed E-state index contributed by atoms with van der Waals surface area (Å²) in [4.78, 5) is 27.1. The normalized spacial score (nSPS) is 19.0. The highest BCUT2D eigenvalue weighted by molar-refractivity contribution is 7.90. The molecule has 2 rings (SSSR count). The van der Waals surface area contributed by atoms with Crippen molar-refractivity contribution in [1.82, 2.24) is 9.80 Å². The molecule has 0 spiro atoms. The summed E-state index contributed by atoms with van der Waals surface area (Å²) in [6.07, 6.45) is 0.483. The minimum Gasteiger partial charge on any atom is -0.389 e. The third-order valence-electron chi connectivity index (χ3n) is 4.01. The van der Waals surface area contributed by atoms with E-state index in [9.17, 15) is 23.1 Å². The van der Waals surface area contributed by atoms with Gasteiger partial charge in [0.05, 0.1) is 17.4 Å². The van der Waals surface area contributed by atoms with Gasteiger partial charge >= 0.3 is 0 Å². The van der Waals surface area contributed by atoms with Crippen molar-refractivity contribution in [3.63, 3.8) is 0 Å². The van der Waals surface area contributed by atoms with Crippen LogP contribution in [0.3, 0.4) is 0 Å². The fourth-order valence-electron chi connectivity index (χ4n) is 2.64. The van der Waals surface area contributed by atoms with Crippen LogP contribution < -0.4 is 0 Å². The van der Waals surface area contributed by atoms with E-state index in [-0.39, 0.29) is 36.2 Å². The van der Waals surface area contributed by atoms with E-state index in [1.807, 2.05) is 0 Å². The first kappa shape index (κ1) is 18.4. The number of carbonyl (C=O) groups excluding carboxylic acids is 2. The van der Waals surface area contributed by atoms with E-state index in [2.05, 4.69) is 0 Å². The van der Waals surface area contributed by atoms with Crippen LogP contribution in [0, 0.1) is 0 Å². The van der Waals surface area contributed by atoms with Gasteiger partial charge < -0.3 is 14.9 Å². The van der Waals surface area contributed by atoms with E-state index in [0.717, 1.165) is 6.26 Å². The van der Waals surface area contributed by atoms with Crippen LogP contribution in [0.15, 0.2) is 29.2 Å². The van der Waals surface area contributed by atoms with E-state index < -0.39 is 15.9 Å². The minimum absolute atomic E-state index is 0.122. The average Bonchev–Trinajstić information content (AvgIpc) is 2.69. The molecule has 1 fully saturated rings. The van der Waals surface area contributed by atoms with Crippen molar-refractivity contribution in [1.29, 1.82) is 0 Å². The molecule has 1 saturated heterocycles. The molecule has 0 bridgehead atoms. The predicted molar refractivity (Wildman–Crippen MR) is 88.1 cm³/mol. The Morgan fingerprint density at radius 1 is 1.12 bits per heavy atom. The monoisotopic (exact) mass is 354 g/mol. The molecule has 0 unspecified atom stereocenters. The fourth-order valence-corrected chi connectivity index (χ4v) is 3.27. The lowest BCUT2D eigenvalue weighted by Gasteiger charge is -2.21. The Balaban J connectivity index is 2.02. The van der Waals surface area contributed by atoms with Gasteiger partial charge in [-0.2, -0.15) is 0 Å². The highest BCUT2D eigenvalue weighted by Crippen LogP contribution is 2.12. The van der Waals surface area contributed by atoms with Gasteiger partial charge in [0.25, 0.3) is 0 Å². The van der Waals surface area contributed by atoms with Crippen molar-refractivity contribution in [3.05, 3.63) is 29.8 Å². The second kappa shape index (κ2) is 7.31. The van der Waals surface area contributed by atoms with Crippen molar-refractivity contribution in [2.75, 3.05) is 32.4 Å². The van der Waals surface area contributed by atoms with Crippen LogP contribution >= 0.6 is 0 Å². The first-order valence-electron chi connectivity index (χ1n) is 7.67. The average molecular weight is 354 g/mol. The maximum absolute atomic E-state index is 12.4. The molecule has 1 heterocycles. The molecule has 132 valence electrons.